The summed E-state index contributed by atoms with van der Waals surface area (Å²) in [7, 11) is 1.84. The molecule has 1 aliphatic rings. The van der Waals surface area contributed by atoms with Crippen molar-refractivity contribution in [2.75, 3.05) is 18.0 Å². The molecule has 4 rings (SSSR count). The largest absolute Gasteiger partial charge is 0.357 e. The molecule has 122 valence electrons. The number of hydrogen-bond acceptors (Lipinski definition) is 5. The highest BCUT2D eigenvalue weighted by molar-refractivity contribution is 6.06. The highest BCUT2D eigenvalue weighted by Crippen LogP contribution is 2.24. The SMILES string of the molecule is Cn1nc(C(=O)Cc2cccnc2)c2ccc(N3CCCC3)nc21. The number of fused-ring (bicyclic) bond motifs is 1. The molecule has 6 nitrogen and oxygen atoms in total. The van der Waals surface area contributed by atoms with Gasteiger partial charge in [-0.1, -0.05) is 6.07 Å². The van der Waals surface area contributed by atoms with Crippen LogP contribution in [-0.2, 0) is 13.5 Å². The maximum atomic E-state index is 12.6. The quantitative estimate of drug-likeness (QED) is 0.690. The van der Waals surface area contributed by atoms with Crippen LogP contribution in [0.15, 0.2) is 36.7 Å². The fourth-order valence-electron chi connectivity index (χ4n) is 3.22. The maximum absolute atomic E-state index is 12.6. The average Bonchev–Trinajstić information content (AvgIpc) is 3.24. The number of ketones is 1. The Morgan fingerprint density at radius 1 is 1.21 bits per heavy atom. The van der Waals surface area contributed by atoms with Crippen LogP contribution in [0.4, 0.5) is 5.82 Å². The van der Waals surface area contributed by atoms with E-state index in [1.54, 1.807) is 17.1 Å². The molecule has 0 spiro atoms. The number of hydrogen-bond donors (Lipinski definition) is 0. The molecule has 0 aliphatic carbocycles. The zero-order chi connectivity index (χ0) is 16.5. The van der Waals surface area contributed by atoms with Crippen molar-refractivity contribution in [2.24, 2.45) is 7.05 Å². The second-order valence-electron chi connectivity index (χ2n) is 6.17. The lowest BCUT2D eigenvalue weighted by atomic mass is 10.1. The molecule has 0 saturated carbocycles. The Morgan fingerprint density at radius 2 is 2.04 bits per heavy atom. The van der Waals surface area contributed by atoms with Crippen molar-refractivity contribution < 1.29 is 4.79 Å². The van der Waals surface area contributed by atoms with Gasteiger partial charge in [0.1, 0.15) is 11.5 Å². The molecule has 3 aromatic rings. The molecule has 0 aromatic carbocycles. The van der Waals surface area contributed by atoms with E-state index in [1.807, 2.05) is 31.3 Å². The zero-order valence-electron chi connectivity index (χ0n) is 13.6. The Morgan fingerprint density at radius 3 is 2.79 bits per heavy atom. The van der Waals surface area contributed by atoms with Gasteiger partial charge in [-0.25, -0.2) is 9.67 Å². The lowest BCUT2D eigenvalue weighted by Crippen LogP contribution is -2.18. The Labute approximate surface area is 140 Å². The number of carbonyl (C=O) groups is 1. The minimum Gasteiger partial charge on any atom is -0.357 e. The van der Waals surface area contributed by atoms with E-state index in [2.05, 4.69) is 15.0 Å². The number of carbonyl (C=O) groups excluding carboxylic acids is 1. The molecule has 0 unspecified atom stereocenters. The maximum Gasteiger partial charge on any atom is 0.188 e. The standard InChI is InChI=1S/C18H19N5O/c1-22-18-14(6-7-16(20-18)23-9-2-3-10-23)17(21-22)15(24)11-13-5-4-8-19-12-13/h4-8,12H,2-3,9-11H2,1H3. The topological polar surface area (TPSA) is 63.9 Å². The second-order valence-corrected chi connectivity index (χ2v) is 6.17. The molecule has 1 fully saturated rings. The summed E-state index contributed by atoms with van der Waals surface area (Å²) in [5.41, 5.74) is 2.13. The lowest BCUT2D eigenvalue weighted by Gasteiger charge is -2.15. The van der Waals surface area contributed by atoms with Gasteiger partial charge in [0.05, 0.1) is 5.39 Å². The van der Waals surface area contributed by atoms with Crippen molar-refractivity contribution in [3.63, 3.8) is 0 Å². The third-order valence-corrected chi connectivity index (χ3v) is 4.45. The van der Waals surface area contributed by atoms with Crippen molar-refractivity contribution in [3.05, 3.63) is 47.9 Å². The van der Waals surface area contributed by atoms with Gasteiger partial charge >= 0.3 is 0 Å². The van der Waals surface area contributed by atoms with E-state index in [9.17, 15) is 4.79 Å². The van der Waals surface area contributed by atoms with E-state index in [-0.39, 0.29) is 5.78 Å². The minimum atomic E-state index is -0.00989. The highest BCUT2D eigenvalue weighted by atomic mass is 16.1. The first-order valence-electron chi connectivity index (χ1n) is 8.23. The van der Waals surface area contributed by atoms with E-state index in [0.717, 1.165) is 35.5 Å². The highest BCUT2D eigenvalue weighted by Gasteiger charge is 2.20. The van der Waals surface area contributed by atoms with Crippen molar-refractivity contribution in [3.8, 4) is 0 Å². The number of Topliss-reactive ketones (excluding diaryl/α,β-unsaturated/α-hetero) is 1. The summed E-state index contributed by atoms with van der Waals surface area (Å²) in [5.74, 6) is 0.957. The van der Waals surface area contributed by atoms with Gasteiger partial charge in [0.15, 0.2) is 11.4 Å². The first kappa shape index (κ1) is 14.8. The molecule has 3 aromatic heterocycles. The Hall–Kier alpha value is -2.76. The second kappa shape index (κ2) is 6.03. The number of rotatable bonds is 4. The summed E-state index contributed by atoms with van der Waals surface area (Å²) in [6, 6.07) is 7.71. The predicted molar refractivity (Wildman–Crippen MR) is 92.2 cm³/mol. The predicted octanol–water partition coefficient (Wildman–Crippen LogP) is 2.39. The molecular formula is C18H19N5O. The minimum absolute atomic E-state index is 0.00989. The average molecular weight is 321 g/mol. The molecule has 1 saturated heterocycles. The van der Waals surface area contributed by atoms with Crippen LogP contribution in [0.2, 0.25) is 0 Å². The Kier molecular flexibility index (Phi) is 3.72. The molecular weight excluding hydrogens is 302 g/mol. The molecule has 0 radical (unpaired) electrons. The van der Waals surface area contributed by atoms with Crippen molar-refractivity contribution in [1.29, 1.82) is 0 Å². The zero-order valence-corrected chi connectivity index (χ0v) is 13.6. The van der Waals surface area contributed by atoms with Crippen LogP contribution in [0.5, 0.6) is 0 Å². The van der Waals surface area contributed by atoms with Crippen LogP contribution in [0, 0.1) is 0 Å². The van der Waals surface area contributed by atoms with Gasteiger partial charge in [-0.3, -0.25) is 9.78 Å². The summed E-state index contributed by atoms with van der Waals surface area (Å²) in [4.78, 5) is 23.7. The molecule has 0 atom stereocenters. The lowest BCUT2D eigenvalue weighted by molar-refractivity contribution is 0.0989. The van der Waals surface area contributed by atoms with E-state index in [1.165, 1.54) is 12.8 Å². The number of pyridine rings is 2. The van der Waals surface area contributed by atoms with Crippen LogP contribution in [0.3, 0.4) is 0 Å². The van der Waals surface area contributed by atoms with Gasteiger partial charge in [-0.15, -0.1) is 0 Å². The van der Waals surface area contributed by atoms with Crippen LogP contribution >= 0.6 is 0 Å². The number of nitrogens with zero attached hydrogens (tertiary/aromatic N) is 5. The molecule has 24 heavy (non-hydrogen) atoms. The Bertz CT molecular complexity index is 881. The molecule has 6 heteroatoms. The van der Waals surface area contributed by atoms with Gasteiger partial charge in [0.2, 0.25) is 0 Å². The van der Waals surface area contributed by atoms with Crippen LogP contribution < -0.4 is 4.90 Å². The Balaban J connectivity index is 1.67. The number of anilines is 1. The van der Waals surface area contributed by atoms with E-state index >= 15 is 0 Å². The summed E-state index contributed by atoms with van der Waals surface area (Å²) in [5, 5.41) is 5.23. The monoisotopic (exact) mass is 321 g/mol. The van der Waals surface area contributed by atoms with Gasteiger partial charge in [-0.05, 0) is 36.6 Å². The summed E-state index contributed by atoms with van der Waals surface area (Å²) >= 11 is 0. The number of aryl methyl sites for hydroxylation is 1. The van der Waals surface area contributed by atoms with Crippen LogP contribution in [0.1, 0.15) is 28.9 Å². The molecule has 0 amide bonds. The van der Waals surface area contributed by atoms with Crippen LogP contribution in [-0.4, -0.2) is 38.6 Å². The third-order valence-electron chi connectivity index (χ3n) is 4.45. The van der Waals surface area contributed by atoms with E-state index in [0.29, 0.717) is 12.1 Å². The first-order valence-corrected chi connectivity index (χ1v) is 8.23. The van der Waals surface area contributed by atoms with E-state index < -0.39 is 0 Å². The van der Waals surface area contributed by atoms with E-state index in [4.69, 9.17) is 4.98 Å². The normalized spacial score (nSPS) is 14.5. The molecule has 0 bridgehead atoms. The van der Waals surface area contributed by atoms with Gasteiger partial charge < -0.3 is 4.90 Å². The van der Waals surface area contributed by atoms with Gasteiger partial charge in [-0.2, -0.15) is 5.10 Å². The van der Waals surface area contributed by atoms with Crippen LogP contribution in [0.25, 0.3) is 11.0 Å². The molecule has 1 aliphatic heterocycles. The molecule has 4 heterocycles. The van der Waals surface area contributed by atoms with Gasteiger partial charge in [0.25, 0.3) is 0 Å². The van der Waals surface area contributed by atoms with Crippen molar-refractivity contribution >= 4 is 22.6 Å². The van der Waals surface area contributed by atoms with Crippen molar-refractivity contribution in [1.82, 2.24) is 19.7 Å². The number of aromatic nitrogens is 4. The molecule has 0 N–H and O–H groups in total. The third kappa shape index (κ3) is 2.64. The first-order chi connectivity index (χ1) is 11.7. The van der Waals surface area contributed by atoms with Gasteiger partial charge in [0, 0.05) is 39.0 Å². The fraction of sp³-hybridized carbons (Fsp3) is 0.333. The summed E-state index contributed by atoms with van der Waals surface area (Å²) in [6.07, 6.45) is 6.13. The fourth-order valence-corrected chi connectivity index (χ4v) is 3.22. The smallest absolute Gasteiger partial charge is 0.188 e. The summed E-state index contributed by atoms with van der Waals surface area (Å²) < 4.78 is 1.70. The summed E-state index contributed by atoms with van der Waals surface area (Å²) in [6.45, 7) is 2.09. The van der Waals surface area contributed by atoms with Crippen molar-refractivity contribution in [2.45, 2.75) is 19.3 Å².